The van der Waals surface area contributed by atoms with Crippen LogP contribution in [0.25, 0.3) is 26.8 Å². The smallest absolute Gasteiger partial charge is 0.213 e. The summed E-state index contributed by atoms with van der Waals surface area (Å²) in [4.78, 5) is 5.41. The first kappa shape index (κ1) is 12.1. The molecule has 4 rings (SSSR count). The number of phenols is 1. The summed E-state index contributed by atoms with van der Waals surface area (Å²) in [6, 6.07) is 17.2. The molecule has 0 saturated heterocycles. The minimum absolute atomic E-state index is 0.234. The third kappa shape index (κ3) is 2.08. The third-order valence-corrected chi connectivity index (χ3v) is 4.20. The van der Waals surface area contributed by atoms with Crippen molar-refractivity contribution in [3.8, 4) is 27.6 Å². The zero-order chi connectivity index (χ0) is 14.2. The van der Waals surface area contributed by atoms with Crippen molar-refractivity contribution in [2.24, 2.45) is 0 Å². The highest BCUT2D eigenvalue weighted by molar-refractivity contribution is 7.19. The van der Waals surface area contributed by atoms with E-state index in [-0.39, 0.29) is 5.75 Å². The van der Waals surface area contributed by atoms with Crippen LogP contribution in [0.15, 0.2) is 60.8 Å². The highest BCUT2D eigenvalue weighted by Crippen LogP contribution is 2.32. The summed E-state index contributed by atoms with van der Waals surface area (Å²) in [7, 11) is 0. The van der Waals surface area contributed by atoms with Crippen molar-refractivity contribution in [1.82, 2.24) is 14.6 Å². The molecule has 0 atom stereocenters. The first-order chi connectivity index (χ1) is 10.3. The Morgan fingerprint density at radius 2 is 1.71 bits per heavy atom. The number of aromatic nitrogens is 3. The number of hydrogen-bond acceptors (Lipinski definition) is 4. The van der Waals surface area contributed by atoms with Crippen molar-refractivity contribution in [3.63, 3.8) is 0 Å². The van der Waals surface area contributed by atoms with Gasteiger partial charge in [0.15, 0.2) is 5.01 Å². The van der Waals surface area contributed by atoms with Gasteiger partial charge in [-0.3, -0.25) is 0 Å². The fourth-order valence-electron chi connectivity index (χ4n) is 2.21. The van der Waals surface area contributed by atoms with Gasteiger partial charge in [0, 0.05) is 5.56 Å². The quantitative estimate of drug-likeness (QED) is 0.611. The van der Waals surface area contributed by atoms with Crippen LogP contribution in [0.5, 0.6) is 5.75 Å². The highest BCUT2D eigenvalue weighted by atomic mass is 32.1. The molecule has 2 aromatic carbocycles. The molecule has 0 amide bonds. The predicted octanol–water partition coefficient (Wildman–Crippen LogP) is 3.83. The van der Waals surface area contributed by atoms with Gasteiger partial charge in [0.05, 0.1) is 17.5 Å². The van der Waals surface area contributed by atoms with E-state index in [4.69, 9.17) is 0 Å². The molecule has 0 saturated carbocycles. The van der Waals surface area contributed by atoms with E-state index in [0.29, 0.717) is 0 Å². The van der Waals surface area contributed by atoms with Crippen LogP contribution in [0.4, 0.5) is 0 Å². The number of rotatable bonds is 2. The summed E-state index contributed by atoms with van der Waals surface area (Å²) in [6.07, 6.45) is 1.91. The van der Waals surface area contributed by atoms with Crippen LogP contribution < -0.4 is 0 Å². The molecule has 0 fully saturated rings. The SMILES string of the molecule is Oc1ccccc1-c1nn2cc(-c3ccccc3)nc2s1. The van der Waals surface area contributed by atoms with Gasteiger partial charge in [-0.2, -0.15) is 5.10 Å². The molecule has 102 valence electrons. The Morgan fingerprint density at radius 3 is 2.48 bits per heavy atom. The van der Waals surface area contributed by atoms with Gasteiger partial charge in [0.1, 0.15) is 5.75 Å². The molecule has 0 spiro atoms. The average Bonchev–Trinajstić information content (AvgIpc) is 3.07. The van der Waals surface area contributed by atoms with E-state index < -0.39 is 0 Å². The summed E-state index contributed by atoms with van der Waals surface area (Å²) in [6.45, 7) is 0. The molecular weight excluding hydrogens is 282 g/mol. The van der Waals surface area contributed by atoms with Gasteiger partial charge < -0.3 is 5.11 Å². The minimum Gasteiger partial charge on any atom is -0.507 e. The van der Waals surface area contributed by atoms with E-state index in [9.17, 15) is 5.11 Å². The number of nitrogens with zero attached hydrogens (tertiary/aromatic N) is 3. The summed E-state index contributed by atoms with van der Waals surface area (Å²) >= 11 is 1.46. The molecule has 4 aromatic rings. The third-order valence-electron chi connectivity index (χ3n) is 3.25. The molecule has 5 heteroatoms. The summed E-state index contributed by atoms with van der Waals surface area (Å²) < 4.78 is 1.76. The van der Waals surface area contributed by atoms with Crippen LogP contribution in [0.2, 0.25) is 0 Å². The Labute approximate surface area is 125 Å². The van der Waals surface area contributed by atoms with E-state index in [1.54, 1.807) is 16.6 Å². The first-order valence-corrected chi connectivity index (χ1v) is 7.33. The molecule has 0 unspecified atom stereocenters. The Bertz CT molecular complexity index is 880. The number of imidazole rings is 1. The van der Waals surface area contributed by atoms with E-state index in [1.165, 1.54) is 11.3 Å². The number of phenolic OH excluding ortho intramolecular Hbond substituents is 1. The maximum absolute atomic E-state index is 9.90. The van der Waals surface area contributed by atoms with Crippen molar-refractivity contribution >= 4 is 16.3 Å². The summed E-state index contributed by atoms with van der Waals surface area (Å²) in [5, 5.41) is 15.2. The fourth-order valence-corrected chi connectivity index (χ4v) is 3.13. The molecular formula is C16H11N3OS. The van der Waals surface area contributed by atoms with Crippen molar-refractivity contribution in [3.05, 3.63) is 60.8 Å². The second-order valence-corrected chi connectivity index (χ2v) is 5.60. The molecule has 2 heterocycles. The number of hydrogen-bond donors (Lipinski definition) is 1. The minimum atomic E-state index is 0.234. The Kier molecular flexibility index (Phi) is 2.72. The first-order valence-electron chi connectivity index (χ1n) is 6.51. The number of fused-ring (bicyclic) bond motifs is 1. The molecule has 0 radical (unpaired) electrons. The van der Waals surface area contributed by atoms with Crippen molar-refractivity contribution < 1.29 is 5.11 Å². The maximum atomic E-state index is 9.90. The molecule has 2 aromatic heterocycles. The van der Waals surface area contributed by atoms with Gasteiger partial charge in [0.25, 0.3) is 0 Å². The predicted molar refractivity (Wildman–Crippen MR) is 83.4 cm³/mol. The molecule has 4 nitrogen and oxygen atoms in total. The lowest BCUT2D eigenvalue weighted by Crippen LogP contribution is -1.83. The van der Waals surface area contributed by atoms with E-state index in [1.807, 2.05) is 48.7 Å². The van der Waals surface area contributed by atoms with Crippen LogP contribution in [0, 0.1) is 0 Å². The molecule has 0 aliphatic heterocycles. The van der Waals surface area contributed by atoms with Crippen molar-refractivity contribution in [2.75, 3.05) is 0 Å². The monoisotopic (exact) mass is 293 g/mol. The van der Waals surface area contributed by atoms with Gasteiger partial charge in [-0.25, -0.2) is 9.50 Å². The Morgan fingerprint density at radius 1 is 0.952 bits per heavy atom. The lowest BCUT2D eigenvalue weighted by Gasteiger charge is -1.98. The highest BCUT2D eigenvalue weighted by Gasteiger charge is 2.12. The lowest BCUT2D eigenvalue weighted by molar-refractivity contribution is 0.477. The van der Waals surface area contributed by atoms with Crippen molar-refractivity contribution in [1.29, 1.82) is 0 Å². The number of aromatic hydroxyl groups is 1. The number of para-hydroxylation sites is 1. The largest absolute Gasteiger partial charge is 0.507 e. The van der Waals surface area contributed by atoms with Gasteiger partial charge in [-0.15, -0.1) is 0 Å². The lowest BCUT2D eigenvalue weighted by atomic mass is 10.2. The number of benzene rings is 2. The van der Waals surface area contributed by atoms with Crippen LogP contribution in [0.1, 0.15) is 0 Å². The van der Waals surface area contributed by atoms with Crippen molar-refractivity contribution in [2.45, 2.75) is 0 Å². The Hall–Kier alpha value is -2.66. The van der Waals surface area contributed by atoms with Gasteiger partial charge in [-0.1, -0.05) is 53.8 Å². The standard InChI is InChI=1S/C16H11N3OS/c20-14-9-5-4-8-12(14)15-18-19-10-13(17-16(19)21-15)11-6-2-1-3-7-11/h1-10,20H. The van der Waals surface area contributed by atoms with Gasteiger partial charge in [-0.05, 0) is 12.1 Å². The molecule has 0 bridgehead atoms. The molecule has 0 aliphatic rings. The Balaban J connectivity index is 1.80. The van der Waals surface area contributed by atoms with Crippen LogP contribution in [0.3, 0.4) is 0 Å². The maximum Gasteiger partial charge on any atom is 0.213 e. The van der Waals surface area contributed by atoms with Gasteiger partial charge in [0.2, 0.25) is 4.96 Å². The fraction of sp³-hybridized carbons (Fsp3) is 0. The van der Waals surface area contributed by atoms with Crippen LogP contribution in [-0.2, 0) is 0 Å². The van der Waals surface area contributed by atoms with Gasteiger partial charge >= 0.3 is 0 Å². The molecule has 21 heavy (non-hydrogen) atoms. The topological polar surface area (TPSA) is 50.4 Å². The van der Waals surface area contributed by atoms with E-state index in [0.717, 1.165) is 26.8 Å². The van der Waals surface area contributed by atoms with Crippen LogP contribution in [-0.4, -0.2) is 19.7 Å². The van der Waals surface area contributed by atoms with E-state index >= 15 is 0 Å². The van der Waals surface area contributed by atoms with Crippen LogP contribution >= 0.6 is 11.3 Å². The second kappa shape index (κ2) is 4.71. The average molecular weight is 293 g/mol. The summed E-state index contributed by atoms with van der Waals surface area (Å²) in [5.41, 5.74) is 2.70. The zero-order valence-corrected chi connectivity index (χ0v) is 11.8. The summed E-state index contributed by atoms with van der Waals surface area (Å²) in [5.74, 6) is 0.234. The molecule has 1 N–H and O–H groups in total. The molecule has 0 aliphatic carbocycles. The normalized spacial score (nSPS) is 11.0. The van der Waals surface area contributed by atoms with E-state index in [2.05, 4.69) is 10.1 Å². The second-order valence-electron chi connectivity index (χ2n) is 4.64. The zero-order valence-electron chi connectivity index (χ0n) is 11.0.